The number of fused-ring (bicyclic) bond motifs is 3. The van der Waals surface area contributed by atoms with Crippen LogP contribution in [0.2, 0.25) is 0 Å². The molecule has 5 N–H and O–H groups in total. The van der Waals surface area contributed by atoms with Crippen LogP contribution in [0.15, 0.2) is 76.6 Å². The number of aromatic nitrogens is 4. The van der Waals surface area contributed by atoms with Gasteiger partial charge in [-0.15, -0.1) is 0 Å². The predicted molar refractivity (Wildman–Crippen MR) is 163 cm³/mol. The van der Waals surface area contributed by atoms with Crippen molar-refractivity contribution in [2.45, 2.75) is 37.5 Å². The van der Waals surface area contributed by atoms with Crippen molar-refractivity contribution in [1.29, 1.82) is 0 Å². The van der Waals surface area contributed by atoms with E-state index in [1.165, 1.54) is 0 Å². The number of nitrogens with two attached hydrogens (primary N) is 1. The van der Waals surface area contributed by atoms with E-state index in [1.54, 1.807) is 12.1 Å². The molecule has 5 heterocycles. The van der Waals surface area contributed by atoms with Gasteiger partial charge in [-0.1, -0.05) is 42.5 Å². The predicted octanol–water partition coefficient (Wildman–Crippen LogP) is 4.59. The number of halogens is 3. The Kier molecular flexibility index (Phi) is 8.66. The molecule has 4 aromatic rings. The van der Waals surface area contributed by atoms with Gasteiger partial charge in [-0.3, -0.25) is 32.8 Å². The van der Waals surface area contributed by atoms with Crippen LogP contribution < -0.4 is 11.3 Å². The van der Waals surface area contributed by atoms with Crippen LogP contribution in [-0.4, -0.2) is 61.4 Å². The number of hydrogen-bond donors (Lipinski definition) is 4. The van der Waals surface area contributed by atoms with Crippen LogP contribution in [0.1, 0.15) is 30.7 Å². The molecule has 50 heavy (non-hydrogen) atoms. The van der Waals surface area contributed by atoms with E-state index in [-0.39, 0.29) is 35.1 Å². The first kappa shape index (κ1) is 34.0. The summed E-state index contributed by atoms with van der Waals surface area (Å²) in [6, 6.07) is 12.8. The summed E-state index contributed by atoms with van der Waals surface area (Å²) in [6.45, 7) is -2.83. The summed E-state index contributed by atoms with van der Waals surface area (Å²) >= 11 is 0. The number of rotatable bonds is 5. The van der Waals surface area contributed by atoms with Gasteiger partial charge in [0.15, 0.2) is 40.3 Å². The number of nitrogens with zero attached hydrogens (tertiary/aromatic N) is 3. The van der Waals surface area contributed by atoms with Crippen molar-refractivity contribution in [3.63, 3.8) is 0 Å². The Balaban J connectivity index is 1.24. The fraction of sp³-hybridized carbons (Fsp3) is 0.321. The monoisotopic (exact) mass is 743 g/mol. The molecule has 7 rings (SSSR count). The molecule has 2 aromatic carbocycles. The first-order chi connectivity index (χ1) is 23.7. The Morgan fingerprint density at radius 2 is 1.76 bits per heavy atom. The van der Waals surface area contributed by atoms with E-state index < -0.39 is 83.6 Å². The lowest BCUT2D eigenvalue weighted by Gasteiger charge is -2.24. The maximum atomic E-state index is 13.5. The fourth-order valence-corrected chi connectivity index (χ4v) is 7.23. The molecule has 3 unspecified atom stereocenters. The molecule has 17 nitrogen and oxygen atoms in total. The topological polar surface area (TPSA) is 229 Å². The molecule has 0 saturated heterocycles. The van der Waals surface area contributed by atoms with Crippen LogP contribution in [0.25, 0.3) is 21.9 Å². The third kappa shape index (κ3) is 6.96. The minimum absolute atomic E-state index is 0.115. The molecule has 0 radical (unpaired) electrons. The highest BCUT2D eigenvalue weighted by Gasteiger charge is 2.48. The minimum atomic E-state index is -5.24. The third-order valence-electron chi connectivity index (χ3n) is 7.75. The molecule has 0 aliphatic carbocycles. The maximum absolute atomic E-state index is 13.5. The average Bonchev–Trinajstić information content (AvgIpc) is 3.73. The van der Waals surface area contributed by atoms with Gasteiger partial charge < -0.3 is 29.4 Å². The van der Waals surface area contributed by atoms with Crippen molar-refractivity contribution in [1.82, 2.24) is 19.5 Å². The molecule has 2 bridgehead atoms. The molecule has 22 heteroatoms. The number of aromatic amines is 1. The Labute approximate surface area is 278 Å². The lowest BCUT2D eigenvalue weighted by atomic mass is 9.99. The number of nitrogens with one attached hydrogen (secondary N) is 1. The normalized spacial score (nSPS) is 27.6. The quantitative estimate of drug-likeness (QED) is 0.205. The van der Waals surface area contributed by atoms with Crippen molar-refractivity contribution in [3.8, 4) is 0 Å². The highest BCUT2D eigenvalue weighted by atomic mass is 31.2. The number of imidazole rings is 1. The van der Waals surface area contributed by atoms with Gasteiger partial charge in [0.1, 0.15) is 25.6 Å². The van der Waals surface area contributed by atoms with Crippen molar-refractivity contribution in [2.24, 2.45) is 0 Å². The van der Waals surface area contributed by atoms with Crippen molar-refractivity contribution in [3.05, 3.63) is 87.7 Å². The Bertz CT molecular complexity index is 2200. The zero-order chi connectivity index (χ0) is 35.4. The molecule has 5 atom stereocenters. The Morgan fingerprint density at radius 3 is 2.56 bits per heavy atom. The zero-order valence-corrected chi connectivity index (χ0v) is 27.1. The van der Waals surface area contributed by atoms with Crippen molar-refractivity contribution in [2.75, 3.05) is 25.6 Å². The van der Waals surface area contributed by atoms with Gasteiger partial charge in [0.25, 0.3) is 5.56 Å². The number of hydrogen-bond acceptors (Lipinski definition) is 13. The third-order valence-corrected chi connectivity index (χ3v) is 9.61. The second-order valence-corrected chi connectivity index (χ2v) is 13.9. The Hall–Kier alpha value is -4.42. The highest BCUT2D eigenvalue weighted by molar-refractivity contribution is 7.47. The number of phosphoric acid groups is 2. The van der Waals surface area contributed by atoms with Crippen LogP contribution in [0.4, 0.5) is 19.1 Å². The summed E-state index contributed by atoms with van der Waals surface area (Å²) in [6.07, 6.45) is -9.59. The first-order valence-corrected chi connectivity index (χ1v) is 17.7. The smallest absolute Gasteiger partial charge is 0.491 e. The Morgan fingerprint density at radius 1 is 1.02 bits per heavy atom. The molecule has 3 aliphatic heterocycles. The summed E-state index contributed by atoms with van der Waals surface area (Å²) in [5.41, 5.74) is 5.13. The van der Waals surface area contributed by atoms with Gasteiger partial charge in [-0.05, 0) is 10.8 Å². The lowest BCUT2D eigenvalue weighted by Crippen LogP contribution is -2.27. The van der Waals surface area contributed by atoms with E-state index in [1.807, 2.05) is 30.3 Å². The second kappa shape index (κ2) is 12.7. The number of ether oxygens (including phenoxy) is 3. The van der Waals surface area contributed by atoms with Crippen molar-refractivity contribution < 1.29 is 64.4 Å². The molecule has 266 valence electrons. The minimum Gasteiger partial charge on any atom is -0.491 e. The van der Waals surface area contributed by atoms with E-state index in [4.69, 9.17) is 38.0 Å². The van der Waals surface area contributed by atoms with E-state index >= 15 is 0 Å². The summed E-state index contributed by atoms with van der Waals surface area (Å²) in [5.74, 6) is -1.95. The van der Waals surface area contributed by atoms with Gasteiger partial charge in [0.05, 0.1) is 19.4 Å². The van der Waals surface area contributed by atoms with Gasteiger partial charge in [-0.2, -0.15) is 18.2 Å². The van der Waals surface area contributed by atoms with E-state index in [0.717, 1.165) is 21.7 Å². The molecule has 0 amide bonds. The van der Waals surface area contributed by atoms with Crippen LogP contribution in [0.3, 0.4) is 0 Å². The van der Waals surface area contributed by atoms with Crippen LogP contribution in [0, 0.1) is 0 Å². The van der Waals surface area contributed by atoms with Crippen molar-refractivity contribution >= 4 is 43.5 Å². The summed E-state index contributed by atoms with van der Waals surface area (Å²) in [7, 11) is -10.3. The molecule has 3 aliphatic rings. The number of phosphoric ester groups is 2. The van der Waals surface area contributed by atoms with Gasteiger partial charge >= 0.3 is 21.8 Å². The van der Waals surface area contributed by atoms with Gasteiger partial charge in [0, 0.05) is 5.56 Å². The highest BCUT2D eigenvalue weighted by Crippen LogP contribution is 2.55. The van der Waals surface area contributed by atoms with Crippen LogP contribution in [-0.2, 0) is 41.4 Å². The molecular formula is C28H26F3N5O12P2. The fourth-order valence-electron chi connectivity index (χ4n) is 5.62. The summed E-state index contributed by atoms with van der Waals surface area (Å²) in [5, 5.41) is 1.69. The number of nitrogen functional groups attached to an aromatic ring is 1. The van der Waals surface area contributed by atoms with E-state index in [2.05, 4.69) is 15.0 Å². The summed E-state index contributed by atoms with van der Waals surface area (Å²) in [4.78, 5) is 44.3. The number of benzene rings is 2. The second-order valence-electron chi connectivity index (χ2n) is 11.1. The average molecular weight is 743 g/mol. The van der Waals surface area contributed by atoms with Gasteiger partial charge in [-0.25, -0.2) is 14.1 Å². The number of H-pyrrole nitrogens is 1. The summed E-state index contributed by atoms with van der Waals surface area (Å²) < 4.78 is 105. The van der Waals surface area contributed by atoms with Crippen LogP contribution >= 0.6 is 15.6 Å². The number of anilines is 1. The van der Waals surface area contributed by atoms with Crippen LogP contribution in [0.5, 0.6) is 0 Å². The molecule has 0 spiro atoms. The molecular weight excluding hydrogens is 717 g/mol. The maximum Gasteiger partial charge on any atom is 0.527 e. The van der Waals surface area contributed by atoms with E-state index in [0.29, 0.717) is 5.56 Å². The zero-order valence-electron chi connectivity index (χ0n) is 25.3. The SMILES string of the molecule is Nc1nc2c(ncn2[C@@H]2OC3=C(OCCC(F)(F)F)C2OP(=O)(O)OCC2=C(C[C@H](c4cccc5ccccc45)O2)OP(=O)(O)OC3)c(=O)[nH]1. The largest absolute Gasteiger partial charge is 0.527 e. The molecule has 2 aromatic heterocycles. The first-order valence-electron chi connectivity index (χ1n) is 14.7. The molecule has 0 fully saturated rings. The van der Waals surface area contributed by atoms with E-state index in [9.17, 15) is 36.9 Å². The molecule has 0 saturated carbocycles. The van der Waals surface area contributed by atoms with Gasteiger partial charge in [0.2, 0.25) is 12.2 Å². The standard InChI is InChI=1S/C28H26F3N5O12P2/c29-28(30,31)8-9-42-22-20-12-44-49(38,39)47-18-10-17(16-7-3-5-14-4-1-2-6-15(14)16)45-19(18)11-43-50(40,41)48-23(22)26(46-20)36-13-33-21-24(36)34-27(32)35-25(21)37/h1-7,13,17,23,26H,8-12H2,(H,38,39)(H,40,41)(H3,32,34,35,37)/t17-,23?,26-/m1/s1. The number of alkyl halides is 3. The lowest BCUT2D eigenvalue weighted by molar-refractivity contribution is -0.143.